The summed E-state index contributed by atoms with van der Waals surface area (Å²) in [5.74, 6) is 0.0539. The van der Waals surface area contributed by atoms with E-state index in [4.69, 9.17) is 18.3 Å². The third-order valence-electron chi connectivity index (χ3n) is 10.5. The molecule has 0 fully saturated rings. The van der Waals surface area contributed by atoms with Crippen molar-refractivity contribution in [3.05, 3.63) is 77.6 Å². The Morgan fingerprint density at radius 2 is 1.23 bits per heavy atom. The van der Waals surface area contributed by atoms with Gasteiger partial charge in [0.2, 0.25) is 16.6 Å². The van der Waals surface area contributed by atoms with Crippen molar-refractivity contribution in [1.82, 2.24) is 0 Å². The zero-order valence-electron chi connectivity index (χ0n) is 31.1. The van der Waals surface area contributed by atoms with Crippen LogP contribution in [-0.2, 0) is 25.0 Å². The van der Waals surface area contributed by atoms with E-state index in [2.05, 4.69) is 89.2 Å². The Kier molecular flexibility index (Phi) is 14.0. The van der Waals surface area contributed by atoms with Gasteiger partial charge in [-0.25, -0.2) is 0 Å². The Labute approximate surface area is 287 Å². The number of carboxylic acids is 1. The number of rotatable bonds is 17. The normalized spacial score (nSPS) is 18.3. The molecule has 3 rings (SSSR count). The molecule has 2 aromatic rings. The molecule has 1 N–H and O–H groups in total. The minimum absolute atomic E-state index is 0.0852. The minimum atomic E-state index is -2.33. The summed E-state index contributed by atoms with van der Waals surface area (Å²) in [6.07, 6.45) is 1.40. The van der Waals surface area contributed by atoms with Crippen molar-refractivity contribution < 1.29 is 28.2 Å². The number of hydrogen-bond donors (Lipinski definition) is 1. The van der Waals surface area contributed by atoms with E-state index in [1.807, 2.05) is 54.6 Å². The third kappa shape index (κ3) is 8.99. The molecule has 0 aliphatic carbocycles. The number of carbonyl (C=O) groups is 1. The molecule has 1 heterocycles. The maximum Gasteiger partial charge on any atom is 0.304 e. The number of ether oxygens (including phenoxy) is 2. The Hall–Kier alpha value is -2.40. The molecule has 262 valence electrons. The first-order valence-electron chi connectivity index (χ1n) is 17.7. The van der Waals surface area contributed by atoms with E-state index in [1.165, 1.54) is 0 Å². The summed E-state index contributed by atoms with van der Waals surface area (Å²) in [5.41, 5.74) is 4.39. The average Bonchev–Trinajstić information content (AvgIpc) is 3.00. The number of benzene rings is 2. The van der Waals surface area contributed by atoms with E-state index in [0.717, 1.165) is 16.9 Å². The summed E-state index contributed by atoms with van der Waals surface area (Å²) in [6, 6.07) is 17.8. The lowest BCUT2D eigenvalue weighted by Gasteiger charge is -2.50. The van der Waals surface area contributed by atoms with Gasteiger partial charge in [-0.15, -0.1) is 0 Å². The molecule has 2 aromatic carbocycles. The maximum absolute atomic E-state index is 12.3. The average molecular weight is 683 g/mol. The van der Waals surface area contributed by atoms with E-state index >= 15 is 0 Å². The molecule has 0 radical (unpaired) electrons. The first-order chi connectivity index (χ1) is 22.1. The second kappa shape index (κ2) is 16.8. The van der Waals surface area contributed by atoms with Gasteiger partial charge in [0.05, 0.1) is 18.4 Å². The molecule has 0 unspecified atom stereocenters. The van der Waals surface area contributed by atoms with Crippen molar-refractivity contribution in [3.8, 4) is 5.75 Å². The molecule has 6 nitrogen and oxygen atoms in total. The molecule has 0 saturated carbocycles. The highest BCUT2D eigenvalue weighted by molar-refractivity contribution is 6.78. The van der Waals surface area contributed by atoms with Crippen LogP contribution in [0, 0.1) is 0 Å². The van der Waals surface area contributed by atoms with Crippen molar-refractivity contribution in [1.29, 1.82) is 0 Å². The van der Waals surface area contributed by atoms with Crippen LogP contribution in [0.3, 0.4) is 0 Å². The van der Waals surface area contributed by atoms with Crippen LogP contribution in [0.2, 0.25) is 33.2 Å². The lowest BCUT2D eigenvalue weighted by atomic mass is 9.91. The minimum Gasteiger partial charge on any atom is -0.495 e. The molecular weight excluding hydrogens is 621 g/mol. The maximum atomic E-state index is 12.3. The van der Waals surface area contributed by atoms with Crippen molar-refractivity contribution in [2.45, 2.75) is 147 Å². The molecular formula is C39H62O6Si2. The predicted molar refractivity (Wildman–Crippen MR) is 198 cm³/mol. The van der Waals surface area contributed by atoms with Gasteiger partial charge in [0.25, 0.3) is 0 Å². The van der Waals surface area contributed by atoms with Crippen LogP contribution in [0.1, 0.15) is 107 Å². The van der Waals surface area contributed by atoms with E-state index in [-0.39, 0.29) is 18.6 Å². The molecule has 0 amide bonds. The van der Waals surface area contributed by atoms with Crippen molar-refractivity contribution in [3.63, 3.8) is 0 Å². The van der Waals surface area contributed by atoms with E-state index in [0.29, 0.717) is 52.2 Å². The number of hydrogen-bond acceptors (Lipinski definition) is 5. The molecule has 1 aliphatic rings. The van der Waals surface area contributed by atoms with Gasteiger partial charge in [-0.3, -0.25) is 4.79 Å². The second-order valence-corrected chi connectivity index (χ2v) is 26.1. The van der Waals surface area contributed by atoms with Crippen LogP contribution in [-0.4, -0.2) is 46.5 Å². The number of aliphatic carboxylic acids is 1. The van der Waals surface area contributed by atoms with Gasteiger partial charge in [0, 0.05) is 0 Å². The van der Waals surface area contributed by atoms with Gasteiger partial charge in [-0.05, 0) is 62.6 Å². The summed E-state index contributed by atoms with van der Waals surface area (Å²) >= 11 is 0. The highest BCUT2D eigenvalue weighted by Crippen LogP contribution is 2.47. The molecule has 0 spiro atoms. The first kappa shape index (κ1) is 39.0. The highest BCUT2D eigenvalue weighted by atomic mass is 28.4. The molecule has 3 atom stereocenters. The highest BCUT2D eigenvalue weighted by Gasteiger charge is 2.52. The third-order valence-corrected chi connectivity index (χ3v) is 22.7. The Balaban J connectivity index is 2.06. The first-order valence-corrected chi connectivity index (χ1v) is 22.0. The van der Waals surface area contributed by atoms with Crippen LogP contribution in [0.5, 0.6) is 5.75 Å². The van der Waals surface area contributed by atoms with E-state index < -0.39 is 28.5 Å². The number of carboxylic acid groups (broad SMARTS) is 1. The Bertz CT molecular complexity index is 1240. The van der Waals surface area contributed by atoms with Crippen molar-refractivity contribution >= 4 is 22.6 Å². The number of allylic oxidation sites excluding steroid dienone is 1. The smallest absolute Gasteiger partial charge is 0.304 e. The summed E-state index contributed by atoms with van der Waals surface area (Å²) in [4.78, 5) is 12.3. The summed E-state index contributed by atoms with van der Waals surface area (Å²) in [7, 11) is -4.61. The lowest BCUT2D eigenvalue weighted by Crippen LogP contribution is -2.58. The van der Waals surface area contributed by atoms with Crippen LogP contribution >= 0.6 is 0 Å². The van der Waals surface area contributed by atoms with Gasteiger partial charge < -0.3 is 23.4 Å². The zero-order valence-corrected chi connectivity index (χ0v) is 33.1. The van der Waals surface area contributed by atoms with Gasteiger partial charge in [-0.1, -0.05) is 126 Å². The Morgan fingerprint density at radius 1 is 0.745 bits per heavy atom. The molecule has 8 heteroatoms. The Morgan fingerprint density at radius 3 is 1.70 bits per heavy atom. The van der Waals surface area contributed by atoms with Crippen LogP contribution < -0.4 is 4.74 Å². The molecule has 0 saturated heterocycles. The van der Waals surface area contributed by atoms with Crippen molar-refractivity contribution in [2.24, 2.45) is 0 Å². The van der Waals surface area contributed by atoms with Gasteiger partial charge in [0.15, 0.2) is 0 Å². The quantitative estimate of drug-likeness (QED) is 0.167. The van der Waals surface area contributed by atoms with E-state index in [1.54, 1.807) is 0 Å². The standard InChI is InChI=1S/C39H62O6Si2/c1-26(2)46(27(3)4,28(5)6)44-37-23-36(43-25-38(37)45-47(29(7)8,30(9)10)31(11)12)35(22-39(40)41)33-18-20-34(21-19-33)42-24-32-16-14-13-15-17-32/h13-21,23,26-31,35,37-38H,22,24-25H2,1-12H3,(H,40,41)/t35-,37+,38+/m0/s1. The fourth-order valence-electron chi connectivity index (χ4n) is 8.43. The summed E-state index contributed by atoms with van der Waals surface area (Å²) in [6.45, 7) is 28.4. The molecule has 0 bridgehead atoms. The molecule has 0 aromatic heterocycles. The predicted octanol–water partition coefficient (Wildman–Crippen LogP) is 10.9. The second-order valence-electron chi connectivity index (χ2n) is 15.2. The van der Waals surface area contributed by atoms with E-state index in [9.17, 15) is 9.90 Å². The fraction of sp³-hybridized carbons (Fsp3) is 0.615. The van der Waals surface area contributed by atoms with Crippen LogP contribution in [0.15, 0.2) is 66.4 Å². The zero-order chi connectivity index (χ0) is 35.1. The SMILES string of the molecule is CC(C)[Si](O[C@@H]1C=C([C@@H](CC(=O)O)c2ccc(OCc3ccccc3)cc2)OC[C@H]1O[Si](C(C)C)(C(C)C)C(C)C)(C(C)C)C(C)C. The van der Waals surface area contributed by atoms with Gasteiger partial charge in [-0.2, -0.15) is 0 Å². The van der Waals surface area contributed by atoms with Crippen LogP contribution in [0.25, 0.3) is 0 Å². The lowest BCUT2D eigenvalue weighted by molar-refractivity contribution is -0.137. The topological polar surface area (TPSA) is 74.2 Å². The largest absolute Gasteiger partial charge is 0.495 e. The molecule has 47 heavy (non-hydrogen) atoms. The summed E-state index contributed by atoms with van der Waals surface area (Å²) < 4.78 is 27.5. The van der Waals surface area contributed by atoms with Crippen molar-refractivity contribution in [2.75, 3.05) is 6.61 Å². The fourth-order valence-corrected chi connectivity index (χ4v) is 19.5. The molecule has 1 aliphatic heterocycles. The van der Waals surface area contributed by atoms with Gasteiger partial charge in [0.1, 0.15) is 30.8 Å². The van der Waals surface area contributed by atoms with Gasteiger partial charge >= 0.3 is 5.97 Å². The summed E-state index contributed by atoms with van der Waals surface area (Å²) in [5, 5.41) is 10.0. The monoisotopic (exact) mass is 682 g/mol. The van der Waals surface area contributed by atoms with Crippen LogP contribution in [0.4, 0.5) is 0 Å².